The standard InChI is InChI=1S/C52H35N/c1-3-15-35(16-4-1)49-41-19-7-11-23-45(41)51(46-24-12-8-20-42(46)49)37-27-31-39(32-28-37)53-40-33-29-38(30-34-40)52-47-25-13-9-21-43(47)50(36-17-5-2-6-18-36)44-22-10-14-26-48(44)52/h1-34,53H. The van der Waals surface area contributed by atoms with Crippen molar-refractivity contribution >= 4 is 54.5 Å². The second-order valence-electron chi connectivity index (χ2n) is 13.7. The van der Waals surface area contributed by atoms with E-state index in [1.54, 1.807) is 0 Å². The molecule has 248 valence electrons. The fraction of sp³-hybridized carbons (Fsp3) is 0. The first-order valence-corrected chi connectivity index (χ1v) is 18.3. The molecule has 53 heavy (non-hydrogen) atoms. The Bertz CT molecular complexity index is 2610. The normalized spacial score (nSPS) is 11.4. The van der Waals surface area contributed by atoms with Crippen LogP contribution in [0.15, 0.2) is 206 Å². The van der Waals surface area contributed by atoms with Crippen LogP contribution in [0.3, 0.4) is 0 Å². The topological polar surface area (TPSA) is 12.0 Å². The van der Waals surface area contributed by atoms with Crippen molar-refractivity contribution in [3.63, 3.8) is 0 Å². The van der Waals surface area contributed by atoms with E-state index in [0.717, 1.165) is 11.4 Å². The molecule has 1 heteroatoms. The van der Waals surface area contributed by atoms with Gasteiger partial charge in [-0.3, -0.25) is 0 Å². The Morgan fingerprint density at radius 1 is 0.189 bits per heavy atom. The zero-order valence-corrected chi connectivity index (χ0v) is 29.1. The number of anilines is 2. The zero-order valence-electron chi connectivity index (χ0n) is 29.1. The maximum atomic E-state index is 3.67. The summed E-state index contributed by atoms with van der Waals surface area (Å²) in [7, 11) is 0. The molecule has 0 aromatic heterocycles. The molecule has 1 N–H and O–H groups in total. The molecule has 0 aliphatic heterocycles. The highest BCUT2D eigenvalue weighted by molar-refractivity contribution is 6.22. The van der Waals surface area contributed by atoms with Crippen molar-refractivity contribution in [1.82, 2.24) is 0 Å². The van der Waals surface area contributed by atoms with Gasteiger partial charge in [0.05, 0.1) is 0 Å². The van der Waals surface area contributed by atoms with Crippen LogP contribution in [0, 0.1) is 0 Å². The molecule has 10 aromatic carbocycles. The fourth-order valence-electron chi connectivity index (χ4n) is 8.32. The van der Waals surface area contributed by atoms with Crippen LogP contribution in [-0.2, 0) is 0 Å². The summed E-state index contributed by atoms with van der Waals surface area (Å²) >= 11 is 0. The van der Waals surface area contributed by atoms with Crippen LogP contribution >= 0.6 is 0 Å². The Morgan fingerprint density at radius 3 is 0.642 bits per heavy atom. The Kier molecular flexibility index (Phi) is 7.55. The lowest BCUT2D eigenvalue weighted by molar-refractivity contribution is 1.55. The number of rotatable bonds is 6. The number of hydrogen-bond acceptors (Lipinski definition) is 1. The summed E-state index contributed by atoms with van der Waals surface area (Å²) in [4.78, 5) is 0. The van der Waals surface area contributed by atoms with E-state index in [2.05, 4.69) is 212 Å². The van der Waals surface area contributed by atoms with Gasteiger partial charge in [0.15, 0.2) is 0 Å². The van der Waals surface area contributed by atoms with Crippen LogP contribution in [0.4, 0.5) is 11.4 Å². The van der Waals surface area contributed by atoms with Crippen molar-refractivity contribution in [2.75, 3.05) is 5.32 Å². The van der Waals surface area contributed by atoms with E-state index >= 15 is 0 Å². The van der Waals surface area contributed by atoms with Crippen LogP contribution in [-0.4, -0.2) is 0 Å². The van der Waals surface area contributed by atoms with Crippen LogP contribution in [0.25, 0.3) is 87.6 Å². The maximum Gasteiger partial charge on any atom is 0.0384 e. The van der Waals surface area contributed by atoms with Gasteiger partial charge in [-0.15, -0.1) is 0 Å². The van der Waals surface area contributed by atoms with Gasteiger partial charge in [0, 0.05) is 11.4 Å². The van der Waals surface area contributed by atoms with E-state index in [0.29, 0.717) is 0 Å². The molecule has 0 fully saturated rings. The Labute approximate surface area is 309 Å². The third-order valence-electron chi connectivity index (χ3n) is 10.6. The number of hydrogen-bond donors (Lipinski definition) is 1. The van der Waals surface area contributed by atoms with Gasteiger partial charge < -0.3 is 5.32 Å². The van der Waals surface area contributed by atoms with Crippen molar-refractivity contribution < 1.29 is 0 Å². The minimum atomic E-state index is 1.05. The van der Waals surface area contributed by atoms with Gasteiger partial charge in [-0.05, 0) is 112 Å². The molecular formula is C52H35N. The van der Waals surface area contributed by atoms with Gasteiger partial charge in [-0.25, -0.2) is 0 Å². The summed E-state index contributed by atoms with van der Waals surface area (Å²) < 4.78 is 0. The molecule has 0 saturated heterocycles. The predicted molar refractivity (Wildman–Crippen MR) is 228 cm³/mol. The Morgan fingerprint density at radius 2 is 0.396 bits per heavy atom. The third kappa shape index (κ3) is 5.34. The fourth-order valence-corrected chi connectivity index (χ4v) is 8.32. The predicted octanol–water partition coefficient (Wildman–Crippen LogP) is 14.7. The monoisotopic (exact) mass is 673 g/mol. The Balaban J connectivity index is 1.01. The van der Waals surface area contributed by atoms with Gasteiger partial charge in [0.2, 0.25) is 0 Å². The molecule has 0 amide bonds. The summed E-state index contributed by atoms with van der Waals surface area (Å²) in [5.74, 6) is 0. The van der Waals surface area contributed by atoms with Gasteiger partial charge >= 0.3 is 0 Å². The van der Waals surface area contributed by atoms with Crippen molar-refractivity contribution in [2.45, 2.75) is 0 Å². The molecule has 0 unspecified atom stereocenters. The van der Waals surface area contributed by atoms with Crippen LogP contribution in [0.2, 0.25) is 0 Å². The van der Waals surface area contributed by atoms with Crippen molar-refractivity contribution in [3.8, 4) is 44.5 Å². The number of fused-ring (bicyclic) bond motifs is 4. The van der Waals surface area contributed by atoms with Crippen LogP contribution in [0.5, 0.6) is 0 Å². The molecule has 0 saturated carbocycles. The van der Waals surface area contributed by atoms with Gasteiger partial charge in [-0.2, -0.15) is 0 Å². The molecule has 10 aromatic rings. The highest BCUT2D eigenvalue weighted by Crippen LogP contribution is 2.45. The quantitative estimate of drug-likeness (QED) is 0.173. The third-order valence-corrected chi connectivity index (χ3v) is 10.6. The molecule has 0 bridgehead atoms. The molecule has 0 aliphatic rings. The summed E-state index contributed by atoms with van der Waals surface area (Å²) in [6.07, 6.45) is 0. The van der Waals surface area contributed by atoms with Crippen LogP contribution < -0.4 is 5.32 Å². The van der Waals surface area contributed by atoms with E-state index in [9.17, 15) is 0 Å². The zero-order chi connectivity index (χ0) is 35.1. The van der Waals surface area contributed by atoms with E-state index in [4.69, 9.17) is 0 Å². The van der Waals surface area contributed by atoms with Crippen molar-refractivity contribution in [2.24, 2.45) is 0 Å². The molecule has 0 atom stereocenters. The van der Waals surface area contributed by atoms with E-state index < -0.39 is 0 Å². The maximum absolute atomic E-state index is 3.67. The molecule has 0 radical (unpaired) electrons. The lowest BCUT2D eigenvalue weighted by Gasteiger charge is -2.18. The van der Waals surface area contributed by atoms with Gasteiger partial charge in [0.25, 0.3) is 0 Å². The minimum absolute atomic E-state index is 1.05. The van der Waals surface area contributed by atoms with E-state index in [1.165, 1.54) is 87.6 Å². The molecule has 10 rings (SSSR count). The van der Waals surface area contributed by atoms with Gasteiger partial charge in [-0.1, -0.05) is 182 Å². The SMILES string of the molecule is c1ccc(-c2c3ccccc3c(-c3ccc(Nc4ccc(-c5c6ccccc6c(-c6ccccc6)c6ccccc56)cc4)cc3)c3ccccc23)cc1. The first kappa shape index (κ1) is 30.8. The lowest BCUT2D eigenvalue weighted by Crippen LogP contribution is -1.93. The smallest absolute Gasteiger partial charge is 0.0384 e. The largest absolute Gasteiger partial charge is 0.356 e. The van der Waals surface area contributed by atoms with Crippen LogP contribution in [0.1, 0.15) is 0 Å². The molecule has 1 nitrogen and oxygen atoms in total. The highest BCUT2D eigenvalue weighted by atomic mass is 14.9. The van der Waals surface area contributed by atoms with E-state index in [1.807, 2.05) is 0 Å². The highest BCUT2D eigenvalue weighted by Gasteiger charge is 2.18. The first-order chi connectivity index (χ1) is 26.3. The average Bonchev–Trinajstić information content (AvgIpc) is 3.23. The summed E-state index contributed by atoms with van der Waals surface area (Å²) in [6.45, 7) is 0. The molecule has 0 spiro atoms. The first-order valence-electron chi connectivity index (χ1n) is 18.3. The minimum Gasteiger partial charge on any atom is -0.356 e. The van der Waals surface area contributed by atoms with Gasteiger partial charge in [0.1, 0.15) is 0 Å². The second kappa shape index (κ2) is 13.0. The van der Waals surface area contributed by atoms with Crippen molar-refractivity contribution in [3.05, 3.63) is 206 Å². The molecule has 0 aliphatic carbocycles. The summed E-state index contributed by atoms with van der Waals surface area (Å²) in [6, 6.07) is 74.6. The number of benzene rings is 10. The number of nitrogens with one attached hydrogen (secondary N) is 1. The summed E-state index contributed by atoms with van der Waals surface area (Å²) in [5, 5.41) is 13.8. The van der Waals surface area contributed by atoms with Crippen molar-refractivity contribution in [1.29, 1.82) is 0 Å². The molecule has 0 heterocycles. The Hall–Kier alpha value is -6.96. The lowest BCUT2D eigenvalue weighted by atomic mass is 9.86. The average molecular weight is 674 g/mol. The second-order valence-corrected chi connectivity index (χ2v) is 13.7. The van der Waals surface area contributed by atoms with E-state index in [-0.39, 0.29) is 0 Å². The molecular weight excluding hydrogens is 639 g/mol. The summed E-state index contributed by atoms with van der Waals surface area (Å²) in [5.41, 5.74) is 12.1.